The molecule has 0 saturated carbocycles. The van der Waals surface area contributed by atoms with Crippen molar-refractivity contribution in [2.24, 2.45) is 0 Å². The van der Waals surface area contributed by atoms with Crippen molar-refractivity contribution in [3.63, 3.8) is 0 Å². The van der Waals surface area contributed by atoms with Crippen molar-refractivity contribution in [2.75, 3.05) is 0 Å². The number of hydrogen-bond acceptors (Lipinski definition) is 4. The zero-order valence-electron chi connectivity index (χ0n) is 15.4. The second-order valence-corrected chi connectivity index (χ2v) is 8.41. The van der Waals surface area contributed by atoms with Gasteiger partial charge in [0, 0.05) is 22.3 Å². The molecule has 1 heterocycles. The van der Waals surface area contributed by atoms with Gasteiger partial charge in [0.05, 0.1) is 5.69 Å². The Hall–Kier alpha value is -2.11. The van der Waals surface area contributed by atoms with E-state index in [1.165, 1.54) is 23.9 Å². The monoisotopic (exact) mass is 402 g/mol. The molecule has 0 atom stereocenters. The molecule has 0 radical (unpaired) electrons. The van der Waals surface area contributed by atoms with Gasteiger partial charge in [0.25, 0.3) is 0 Å². The first-order chi connectivity index (χ1) is 12.8. The zero-order chi connectivity index (χ0) is 19.4. The summed E-state index contributed by atoms with van der Waals surface area (Å²) < 4.78 is 18.9. The topological polar surface area (TPSA) is 35.0 Å². The van der Waals surface area contributed by atoms with Crippen LogP contribution in [0.3, 0.4) is 0 Å². The normalized spacial score (nSPS) is 11.4. The molecular formula is C21H20ClFN2OS. The highest BCUT2D eigenvalue weighted by Crippen LogP contribution is 2.31. The summed E-state index contributed by atoms with van der Waals surface area (Å²) in [5, 5.41) is 1.33. The largest absolute Gasteiger partial charge is 0.439 e. The predicted molar refractivity (Wildman–Crippen MR) is 108 cm³/mol. The van der Waals surface area contributed by atoms with Gasteiger partial charge in [0.1, 0.15) is 11.6 Å². The molecule has 0 aliphatic rings. The number of nitrogens with zero attached hydrogens (tertiary/aromatic N) is 2. The van der Waals surface area contributed by atoms with E-state index < -0.39 is 0 Å². The van der Waals surface area contributed by atoms with Crippen molar-refractivity contribution in [2.45, 2.75) is 37.1 Å². The Bertz CT molecular complexity index is 926. The lowest BCUT2D eigenvalue weighted by Crippen LogP contribution is -2.14. The third-order valence-electron chi connectivity index (χ3n) is 3.80. The third kappa shape index (κ3) is 5.44. The highest BCUT2D eigenvalue weighted by Gasteiger charge is 2.19. The first-order valence-electron chi connectivity index (χ1n) is 8.50. The molecule has 0 fully saturated rings. The van der Waals surface area contributed by atoms with Crippen molar-refractivity contribution >= 4 is 23.4 Å². The van der Waals surface area contributed by atoms with Gasteiger partial charge in [0.15, 0.2) is 5.16 Å². The van der Waals surface area contributed by atoms with Crippen LogP contribution in [0.4, 0.5) is 4.39 Å². The lowest BCUT2D eigenvalue weighted by molar-refractivity contribution is 0.445. The van der Waals surface area contributed by atoms with Gasteiger partial charge in [-0.3, -0.25) is 0 Å². The van der Waals surface area contributed by atoms with Crippen molar-refractivity contribution in [3.8, 4) is 11.6 Å². The van der Waals surface area contributed by atoms with E-state index in [1.54, 1.807) is 12.1 Å². The Labute approximate surface area is 168 Å². The van der Waals surface area contributed by atoms with Crippen LogP contribution in [0.5, 0.6) is 11.6 Å². The molecule has 3 nitrogen and oxygen atoms in total. The van der Waals surface area contributed by atoms with Gasteiger partial charge >= 0.3 is 0 Å². The van der Waals surface area contributed by atoms with Crippen LogP contribution in [-0.4, -0.2) is 9.97 Å². The predicted octanol–water partition coefficient (Wildman–Crippen LogP) is 6.65. The summed E-state index contributed by atoms with van der Waals surface area (Å²) >= 11 is 7.73. The molecule has 0 aliphatic heterocycles. The molecular weight excluding hydrogens is 383 g/mol. The number of thioether (sulfide) groups is 1. The highest BCUT2D eigenvalue weighted by atomic mass is 35.5. The van der Waals surface area contributed by atoms with Crippen LogP contribution in [0.15, 0.2) is 59.8 Å². The summed E-state index contributed by atoms with van der Waals surface area (Å²) in [5.41, 5.74) is 1.73. The molecule has 0 spiro atoms. The number of ether oxygens (including phenoxy) is 1. The molecule has 140 valence electrons. The van der Waals surface area contributed by atoms with E-state index >= 15 is 0 Å². The highest BCUT2D eigenvalue weighted by molar-refractivity contribution is 7.98. The molecule has 0 N–H and O–H groups in total. The Balaban J connectivity index is 1.86. The number of benzene rings is 2. The maximum Gasteiger partial charge on any atom is 0.223 e. The van der Waals surface area contributed by atoms with E-state index in [4.69, 9.17) is 16.3 Å². The van der Waals surface area contributed by atoms with E-state index in [2.05, 4.69) is 30.7 Å². The fourth-order valence-corrected chi connectivity index (χ4v) is 3.42. The molecule has 0 aliphatic carbocycles. The number of halogens is 2. The van der Waals surface area contributed by atoms with E-state index in [1.807, 2.05) is 30.3 Å². The van der Waals surface area contributed by atoms with Crippen LogP contribution in [0.2, 0.25) is 5.02 Å². The molecule has 6 heteroatoms. The van der Waals surface area contributed by atoms with Crippen LogP contribution < -0.4 is 4.74 Å². The van der Waals surface area contributed by atoms with E-state index in [0.717, 1.165) is 16.3 Å². The van der Waals surface area contributed by atoms with Gasteiger partial charge in [0.2, 0.25) is 5.88 Å². The maximum absolute atomic E-state index is 13.1. The summed E-state index contributed by atoms with van der Waals surface area (Å²) in [6, 6.07) is 15.4. The maximum atomic E-state index is 13.1. The average molecular weight is 403 g/mol. The molecule has 3 rings (SSSR count). The SMILES string of the molecule is CC(C)(C)c1cc(Oc2ccc(F)cc2)nc(SCc2ccccc2Cl)n1. The standard InChI is InChI=1S/C21H20ClFN2OS/c1-21(2,3)18-12-19(26-16-10-8-15(23)9-11-16)25-20(24-18)27-13-14-6-4-5-7-17(14)22/h4-12H,13H2,1-3H3. The molecule has 0 bridgehead atoms. The number of rotatable bonds is 5. The Kier molecular flexibility index (Phi) is 6.02. The number of hydrogen-bond donors (Lipinski definition) is 0. The quantitative estimate of drug-likeness (QED) is 0.353. The lowest BCUT2D eigenvalue weighted by Gasteiger charge is -2.19. The van der Waals surface area contributed by atoms with Crippen LogP contribution in [0.1, 0.15) is 32.0 Å². The fraction of sp³-hybridized carbons (Fsp3) is 0.238. The first-order valence-corrected chi connectivity index (χ1v) is 9.87. The molecule has 27 heavy (non-hydrogen) atoms. The summed E-state index contributed by atoms with van der Waals surface area (Å²) in [7, 11) is 0. The molecule has 3 aromatic rings. The minimum atomic E-state index is -0.309. The molecule has 0 unspecified atom stereocenters. The summed E-state index contributed by atoms with van der Waals surface area (Å²) in [5.74, 6) is 1.31. The average Bonchev–Trinajstić information content (AvgIpc) is 2.62. The number of aromatic nitrogens is 2. The molecule has 1 aromatic heterocycles. The third-order valence-corrected chi connectivity index (χ3v) is 5.07. The van der Waals surface area contributed by atoms with Gasteiger partial charge in [-0.25, -0.2) is 9.37 Å². The van der Waals surface area contributed by atoms with E-state index in [0.29, 0.717) is 22.5 Å². The van der Waals surface area contributed by atoms with Crippen LogP contribution in [-0.2, 0) is 11.2 Å². The van der Waals surface area contributed by atoms with Gasteiger partial charge in [-0.1, -0.05) is 62.3 Å². The second-order valence-electron chi connectivity index (χ2n) is 7.06. The van der Waals surface area contributed by atoms with Crippen molar-refractivity contribution < 1.29 is 9.13 Å². The molecule has 0 amide bonds. The minimum absolute atomic E-state index is 0.163. The molecule has 2 aromatic carbocycles. The fourth-order valence-electron chi connectivity index (χ4n) is 2.29. The Morgan fingerprint density at radius 1 is 1.04 bits per heavy atom. The summed E-state index contributed by atoms with van der Waals surface area (Å²) in [4.78, 5) is 9.18. The van der Waals surface area contributed by atoms with Gasteiger partial charge in [-0.15, -0.1) is 0 Å². The van der Waals surface area contributed by atoms with Gasteiger partial charge in [-0.05, 0) is 35.9 Å². The summed E-state index contributed by atoms with van der Waals surface area (Å²) in [6.45, 7) is 6.25. The van der Waals surface area contributed by atoms with Gasteiger partial charge < -0.3 is 4.74 Å². The van der Waals surface area contributed by atoms with Crippen LogP contribution in [0, 0.1) is 5.82 Å². The van der Waals surface area contributed by atoms with Crippen molar-refractivity contribution in [1.82, 2.24) is 9.97 Å². The van der Waals surface area contributed by atoms with Gasteiger partial charge in [-0.2, -0.15) is 4.98 Å². The minimum Gasteiger partial charge on any atom is -0.439 e. The van der Waals surface area contributed by atoms with Crippen LogP contribution in [0.25, 0.3) is 0 Å². The van der Waals surface area contributed by atoms with E-state index in [-0.39, 0.29) is 11.2 Å². The Morgan fingerprint density at radius 2 is 1.74 bits per heavy atom. The molecule has 0 saturated heterocycles. The van der Waals surface area contributed by atoms with E-state index in [9.17, 15) is 4.39 Å². The lowest BCUT2D eigenvalue weighted by atomic mass is 9.92. The second kappa shape index (κ2) is 8.28. The first kappa shape index (κ1) is 19.6. The van der Waals surface area contributed by atoms with Crippen LogP contribution >= 0.6 is 23.4 Å². The summed E-state index contributed by atoms with van der Waals surface area (Å²) in [6.07, 6.45) is 0. The smallest absolute Gasteiger partial charge is 0.223 e. The Morgan fingerprint density at radius 3 is 2.41 bits per heavy atom. The zero-order valence-corrected chi connectivity index (χ0v) is 16.9. The van der Waals surface area contributed by atoms with Crippen molar-refractivity contribution in [1.29, 1.82) is 0 Å². The van der Waals surface area contributed by atoms with Crippen molar-refractivity contribution in [3.05, 3.63) is 76.7 Å².